The van der Waals surface area contributed by atoms with Crippen LogP contribution in [0.3, 0.4) is 0 Å². The Labute approximate surface area is 91.7 Å². The maximum Gasteiger partial charge on any atom is 0.340 e. The maximum absolute atomic E-state index is 11.4. The highest BCUT2D eigenvalue weighted by Crippen LogP contribution is 2.31. The number of carbonyl (C=O) groups is 1. The Morgan fingerprint density at radius 1 is 1.44 bits per heavy atom. The average molecular weight is 222 g/mol. The first-order chi connectivity index (χ1) is 7.63. The lowest BCUT2D eigenvalue weighted by Crippen LogP contribution is -2.03. The summed E-state index contributed by atoms with van der Waals surface area (Å²) in [6.07, 6.45) is 1.34. The predicted octanol–water partition coefficient (Wildman–Crippen LogP) is 1.03. The number of methoxy groups -OCH3 is 2. The number of ether oxygens (including phenoxy) is 2. The molecule has 0 aliphatic rings. The quantitative estimate of drug-likeness (QED) is 0.357. The molecular formula is C10H10N2O4. The van der Waals surface area contributed by atoms with Crippen molar-refractivity contribution in [2.75, 3.05) is 20.0 Å². The molecule has 0 aromatic heterocycles. The number of carbonyl (C=O) groups excluding carboxylic acids is 2. The maximum atomic E-state index is 11.4. The van der Waals surface area contributed by atoms with Crippen LogP contribution in [0, 0.1) is 0 Å². The van der Waals surface area contributed by atoms with Crippen molar-refractivity contribution in [3.05, 3.63) is 17.7 Å². The summed E-state index contributed by atoms with van der Waals surface area (Å²) < 4.78 is 9.48. The molecule has 1 aromatic carbocycles. The van der Waals surface area contributed by atoms with Gasteiger partial charge in [-0.15, -0.1) is 0 Å². The number of nitrogens with zero attached hydrogens (tertiary/aromatic N) is 1. The molecule has 0 spiro atoms. The Morgan fingerprint density at radius 2 is 2.12 bits per heavy atom. The third-order valence-electron chi connectivity index (χ3n) is 1.92. The Bertz CT molecular complexity index is 464. The van der Waals surface area contributed by atoms with E-state index in [1.54, 1.807) is 0 Å². The number of aliphatic imine (C=N–C) groups is 1. The van der Waals surface area contributed by atoms with Crippen LogP contribution in [-0.4, -0.2) is 26.3 Å². The van der Waals surface area contributed by atoms with Gasteiger partial charge in [-0.05, 0) is 12.1 Å². The van der Waals surface area contributed by atoms with Gasteiger partial charge >= 0.3 is 5.97 Å². The molecular weight excluding hydrogens is 212 g/mol. The zero-order valence-electron chi connectivity index (χ0n) is 8.81. The first-order valence-electron chi connectivity index (χ1n) is 4.27. The highest BCUT2D eigenvalue weighted by molar-refractivity contribution is 5.97. The van der Waals surface area contributed by atoms with Crippen LogP contribution in [0.4, 0.5) is 11.4 Å². The summed E-state index contributed by atoms with van der Waals surface area (Å²) in [7, 11) is 2.63. The molecule has 0 aliphatic heterocycles. The van der Waals surface area contributed by atoms with Crippen LogP contribution in [0.1, 0.15) is 10.4 Å². The molecule has 0 heterocycles. The van der Waals surface area contributed by atoms with Crippen molar-refractivity contribution in [1.29, 1.82) is 0 Å². The standard InChI is InChI=1S/C10H10N2O4/c1-15-9-3-6(10(14)16-2)8(12-5-13)4-7(9)11/h3-4H,11H2,1-2H3. The van der Waals surface area contributed by atoms with Crippen LogP contribution in [0.2, 0.25) is 0 Å². The number of nitrogens with two attached hydrogens (primary N) is 1. The second kappa shape index (κ2) is 4.95. The number of isocyanates is 1. The van der Waals surface area contributed by atoms with Gasteiger partial charge < -0.3 is 15.2 Å². The van der Waals surface area contributed by atoms with Gasteiger partial charge in [-0.1, -0.05) is 0 Å². The first-order valence-corrected chi connectivity index (χ1v) is 4.27. The molecule has 1 rings (SSSR count). The molecule has 84 valence electrons. The van der Waals surface area contributed by atoms with Gasteiger partial charge in [0.05, 0.1) is 31.2 Å². The third kappa shape index (κ3) is 2.18. The second-order valence-electron chi connectivity index (χ2n) is 2.81. The minimum absolute atomic E-state index is 0.0944. The molecule has 2 N–H and O–H groups in total. The van der Waals surface area contributed by atoms with Crippen molar-refractivity contribution in [3.63, 3.8) is 0 Å². The number of nitrogen functional groups attached to an aromatic ring is 1. The number of esters is 1. The molecule has 16 heavy (non-hydrogen) atoms. The SMILES string of the molecule is COC(=O)c1cc(OC)c(N)cc1N=C=O. The summed E-state index contributed by atoms with van der Waals surface area (Å²) in [6.45, 7) is 0. The molecule has 0 fully saturated rings. The van der Waals surface area contributed by atoms with E-state index in [1.165, 1.54) is 32.4 Å². The summed E-state index contributed by atoms with van der Waals surface area (Å²) >= 11 is 0. The van der Waals surface area contributed by atoms with E-state index >= 15 is 0 Å². The molecule has 0 saturated heterocycles. The van der Waals surface area contributed by atoms with Crippen molar-refractivity contribution < 1.29 is 19.1 Å². The Hall–Kier alpha value is -2.33. The van der Waals surface area contributed by atoms with Gasteiger partial charge in [0.15, 0.2) is 0 Å². The van der Waals surface area contributed by atoms with E-state index in [0.717, 1.165) is 0 Å². The van der Waals surface area contributed by atoms with Crippen molar-refractivity contribution in [2.45, 2.75) is 0 Å². The molecule has 0 bridgehead atoms. The highest BCUT2D eigenvalue weighted by atomic mass is 16.5. The summed E-state index contributed by atoms with van der Waals surface area (Å²) in [6, 6.07) is 2.70. The molecule has 0 amide bonds. The number of hydrogen-bond donors (Lipinski definition) is 1. The summed E-state index contributed by atoms with van der Waals surface area (Å²) in [5.74, 6) is -0.322. The minimum Gasteiger partial charge on any atom is -0.495 e. The zero-order valence-corrected chi connectivity index (χ0v) is 8.81. The average Bonchev–Trinajstić information content (AvgIpc) is 2.29. The summed E-state index contributed by atoms with van der Waals surface area (Å²) in [5.41, 5.74) is 6.07. The lowest BCUT2D eigenvalue weighted by atomic mass is 10.1. The fourth-order valence-corrected chi connectivity index (χ4v) is 1.18. The lowest BCUT2D eigenvalue weighted by molar-refractivity contribution is 0.0601. The number of hydrogen-bond acceptors (Lipinski definition) is 6. The van der Waals surface area contributed by atoms with E-state index in [9.17, 15) is 9.59 Å². The van der Waals surface area contributed by atoms with Crippen LogP contribution in [0.15, 0.2) is 17.1 Å². The Balaban J connectivity index is 3.41. The van der Waals surface area contributed by atoms with Crippen molar-refractivity contribution >= 4 is 23.4 Å². The molecule has 6 nitrogen and oxygen atoms in total. The number of benzene rings is 1. The van der Waals surface area contributed by atoms with Gasteiger partial charge in [0, 0.05) is 0 Å². The zero-order chi connectivity index (χ0) is 12.1. The molecule has 0 unspecified atom stereocenters. The van der Waals surface area contributed by atoms with E-state index in [2.05, 4.69) is 9.73 Å². The van der Waals surface area contributed by atoms with Crippen molar-refractivity contribution in [3.8, 4) is 5.75 Å². The monoisotopic (exact) mass is 222 g/mol. The highest BCUT2D eigenvalue weighted by Gasteiger charge is 2.15. The van der Waals surface area contributed by atoms with Crippen LogP contribution in [0.25, 0.3) is 0 Å². The number of anilines is 1. The van der Waals surface area contributed by atoms with Crippen LogP contribution >= 0.6 is 0 Å². The van der Waals surface area contributed by atoms with E-state index in [-0.39, 0.29) is 16.9 Å². The van der Waals surface area contributed by atoms with E-state index in [4.69, 9.17) is 10.5 Å². The molecule has 0 aliphatic carbocycles. The second-order valence-corrected chi connectivity index (χ2v) is 2.81. The first kappa shape index (κ1) is 11.7. The summed E-state index contributed by atoms with van der Waals surface area (Å²) in [5, 5.41) is 0. The largest absolute Gasteiger partial charge is 0.495 e. The van der Waals surface area contributed by atoms with Gasteiger partial charge in [-0.3, -0.25) is 0 Å². The molecule has 1 aromatic rings. The van der Waals surface area contributed by atoms with Gasteiger partial charge in [0.25, 0.3) is 0 Å². The van der Waals surface area contributed by atoms with Gasteiger partial charge in [0.2, 0.25) is 6.08 Å². The minimum atomic E-state index is -0.632. The lowest BCUT2D eigenvalue weighted by Gasteiger charge is -2.08. The van der Waals surface area contributed by atoms with Gasteiger partial charge in [-0.2, -0.15) is 4.99 Å². The normalized spacial score (nSPS) is 9.12. The molecule has 0 atom stereocenters. The predicted molar refractivity (Wildman–Crippen MR) is 56.5 cm³/mol. The van der Waals surface area contributed by atoms with Crippen LogP contribution in [-0.2, 0) is 9.53 Å². The Kier molecular flexibility index (Phi) is 3.63. The number of rotatable bonds is 3. The van der Waals surface area contributed by atoms with E-state index in [1.807, 2.05) is 0 Å². The fraction of sp³-hybridized carbons (Fsp3) is 0.200. The Morgan fingerprint density at radius 3 is 2.62 bits per heavy atom. The molecule has 0 saturated carbocycles. The van der Waals surface area contributed by atoms with Crippen LogP contribution < -0.4 is 10.5 Å². The van der Waals surface area contributed by atoms with Crippen molar-refractivity contribution in [1.82, 2.24) is 0 Å². The summed E-state index contributed by atoms with van der Waals surface area (Å²) in [4.78, 5) is 24.9. The van der Waals surface area contributed by atoms with Crippen LogP contribution in [0.5, 0.6) is 5.75 Å². The fourth-order valence-electron chi connectivity index (χ4n) is 1.18. The van der Waals surface area contributed by atoms with Gasteiger partial charge in [0.1, 0.15) is 5.75 Å². The topological polar surface area (TPSA) is 91.0 Å². The molecule has 0 radical (unpaired) electrons. The van der Waals surface area contributed by atoms with E-state index in [0.29, 0.717) is 5.75 Å². The van der Waals surface area contributed by atoms with E-state index < -0.39 is 5.97 Å². The third-order valence-corrected chi connectivity index (χ3v) is 1.92. The smallest absolute Gasteiger partial charge is 0.340 e. The van der Waals surface area contributed by atoms with Gasteiger partial charge in [-0.25, -0.2) is 9.59 Å². The van der Waals surface area contributed by atoms with Crippen molar-refractivity contribution in [2.24, 2.45) is 4.99 Å². The molecule has 6 heteroatoms.